The van der Waals surface area contributed by atoms with Gasteiger partial charge >= 0.3 is 12.1 Å². The normalized spacial score (nSPS) is 18.6. The fourth-order valence-corrected chi connectivity index (χ4v) is 7.09. The minimum Gasteiger partial charge on any atom is -0.466 e. The van der Waals surface area contributed by atoms with E-state index in [1.165, 1.54) is 20.3 Å². The summed E-state index contributed by atoms with van der Waals surface area (Å²) in [4.78, 5) is 69.9. The molecule has 1 saturated heterocycles. The molecule has 0 radical (unpaired) electrons. The van der Waals surface area contributed by atoms with Crippen molar-refractivity contribution in [2.45, 2.75) is 129 Å². The second-order valence-electron chi connectivity index (χ2n) is 15.6. The molecule has 2 N–H and O–H groups in total. The number of esters is 1. The molecule has 8 unspecified atom stereocenters. The van der Waals surface area contributed by atoms with E-state index < -0.39 is 53.9 Å². The van der Waals surface area contributed by atoms with Crippen molar-refractivity contribution in [2.24, 2.45) is 17.8 Å². The van der Waals surface area contributed by atoms with Gasteiger partial charge in [0.05, 0.1) is 49.8 Å². The lowest BCUT2D eigenvalue weighted by Crippen LogP contribution is -2.58. The van der Waals surface area contributed by atoms with Gasteiger partial charge in [0, 0.05) is 33.9 Å². The number of carbonyl (C=O) groups excluding carboxylic acids is 5. The molecule has 1 heterocycles. The van der Waals surface area contributed by atoms with Gasteiger partial charge in [0.2, 0.25) is 17.7 Å². The van der Waals surface area contributed by atoms with Crippen LogP contribution in [-0.2, 0) is 44.5 Å². The molecule has 1 aromatic rings. The van der Waals surface area contributed by atoms with Crippen LogP contribution >= 0.6 is 0 Å². The molecule has 0 aliphatic carbocycles. The molecule has 0 bridgehead atoms. The van der Waals surface area contributed by atoms with Crippen LogP contribution in [0.25, 0.3) is 0 Å². The number of ether oxygens (including phenoxy) is 4. The van der Waals surface area contributed by atoms with Gasteiger partial charge in [-0.25, -0.2) is 9.59 Å². The fraction of sp³-hybridized carbons (Fsp3) is 0.683. The number of hydrogen-bond acceptors (Lipinski definition) is 9. The van der Waals surface area contributed by atoms with E-state index in [4.69, 9.17) is 18.9 Å². The predicted molar refractivity (Wildman–Crippen MR) is 207 cm³/mol. The molecular weight excluding hydrogens is 692 g/mol. The number of nitrogens with one attached hydrogen (secondary N) is 2. The average molecular weight is 759 g/mol. The van der Waals surface area contributed by atoms with Crippen molar-refractivity contribution in [1.29, 1.82) is 0 Å². The van der Waals surface area contributed by atoms with Crippen molar-refractivity contribution in [3.63, 3.8) is 0 Å². The second-order valence-corrected chi connectivity index (χ2v) is 15.6. The molecule has 2 rings (SSSR count). The van der Waals surface area contributed by atoms with E-state index in [0.29, 0.717) is 25.8 Å². The van der Waals surface area contributed by atoms with Crippen molar-refractivity contribution in [3.8, 4) is 0 Å². The molecule has 54 heavy (non-hydrogen) atoms. The largest absolute Gasteiger partial charge is 0.466 e. The van der Waals surface area contributed by atoms with Gasteiger partial charge in [0.1, 0.15) is 11.6 Å². The molecule has 1 aromatic carbocycles. The minimum atomic E-state index is -0.856. The lowest BCUT2D eigenvalue weighted by atomic mass is 9.89. The van der Waals surface area contributed by atoms with E-state index in [1.54, 1.807) is 57.7 Å². The van der Waals surface area contributed by atoms with Crippen molar-refractivity contribution < 1.29 is 42.9 Å². The number of likely N-dealkylation sites (tertiary alicyclic amines) is 1. The average Bonchev–Trinajstić information content (AvgIpc) is 3.61. The number of amides is 4. The number of alkyl carbamates (subject to hydrolysis) is 1. The summed E-state index contributed by atoms with van der Waals surface area (Å²) in [7, 11) is 6.06. The zero-order valence-corrected chi connectivity index (χ0v) is 34.5. The summed E-state index contributed by atoms with van der Waals surface area (Å²) in [5.41, 5.74) is 0.252. The first-order valence-electron chi connectivity index (χ1n) is 19.1. The minimum absolute atomic E-state index is 0.0000491. The van der Waals surface area contributed by atoms with Crippen LogP contribution in [0.15, 0.2) is 42.5 Å². The third-order valence-corrected chi connectivity index (χ3v) is 10.2. The van der Waals surface area contributed by atoms with Crippen molar-refractivity contribution in [3.05, 3.63) is 48.0 Å². The first-order chi connectivity index (χ1) is 25.4. The number of methoxy groups -OCH3 is 3. The lowest BCUT2D eigenvalue weighted by molar-refractivity contribution is -0.147. The third kappa shape index (κ3) is 13.7. The van der Waals surface area contributed by atoms with Crippen LogP contribution in [0.3, 0.4) is 0 Å². The fourth-order valence-electron chi connectivity index (χ4n) is 7.09. The number of benzene rings is 1. The number of likely N-dealkylation sites (N-methyl/N-ethyl adjacent to an activating group) is 1. The molecule has 0 spiro atoms. The van der Waals surface area contributed by atoms with Crippen LogP contribution in [0.2, 0.25) is 0 Å². The Morgan fingerprint density at radius 1 is 0.981 bits per heavy atom. The number of hydrogen-bond donors (Lipinski definition) is 2. The molecule has 8 atom stereocenters. The molecule has 1 fully saturated rings. The van der Waals surface area contributed by atoms with E-state index in [9.17, 15) is 24.0 Å². The highest BCUT2D eigenvalue weighted by molar-refractivity contribution is 5.86. The Hall–Kier alpha value is -3.97. The van der Waals surface area contributed by atoms with Crippen molar-refractivity contribution in [2.75, 3.05) is 34.9 Å². The Morgan fingerprint density at radius 2 is 1.63 bits per heavy atom. The van der Waals surface area contributed by atoms with Crippen molar-refractivity contribution in [1.82, 2.24) is 20.4 Å². The maximum absolute atomic E-state index is 14.2. The Labute approximate surface area is 322 Å². The topological polar surface area (TPSA) is 153 Å². The van der Waals surface area contributed by atoms with E-state index in [-0.39, 0.29) is 42.0 Å². The molecule has 13 heteroatoms. The molecule has 13 nitrogen and oxygen atoms in total. The SMILES string of the molecule is CCC(C)C(C(CC(=O)N1CCCC1C(OC)C(C)C(=O)NC(C=CC(=O)OC)Cc1ccccc1)OC)N(C)C(=O)C(NC(=O)OC(C)(C)C)C(C)C. The van der Waals surface area contributed by atoms with E-state index >= 15 is 0 Å². The maximum Gasteiger partial charge on any atom is 0.408 e. The predicted octanol–water partition coefficient (Wildman–Crippen LogP) is 4.91. The van der Waals surface area contributed by atoms with Crippen LogP contribution in [0.4, 0.5) is 4.79 Å². The quantitative estimate of drug-likeness (QED) is 0.148. The van der Waals surface area contributed by atoms with Gasteiger partial charge in [-0.3, -0.25) is 14.4 Å². The van der Waals surface area contributed by atoms with Gasteiger partial charge in [-0.1, -0.05) is 77.4 Å². The summed E-state index contributed by atoms with van der Waals surface area (Å²) in [6.07, 6.45) is 3.53. The summed E-state index contributed by atoms with van der Waals surface area (Å²) < 4.78 is 22.1. The first kappa shape index (κ1) is 46.2. The molecular formula is C41H66N4O9. The van der Waals surface area contributed by atoms with Crippen LogP contribution < -0.4 is 10.6 Å². The zero-order valence-electron chi connectivity index (χ0n) is 34.5. The summed E-state index contributed by atoms with van der Waals surface area (Å²) in [6, 6.07) is 7.43. The molecule has 0 aromatic heterocycles. The first-order valence-corrected chi connectivity index (χ1v) is 19.1. The lowest BCUT2D eigenvalue weighted by Gasteiger charge is -2.40. The zero-order chi connectivity index (χ0) is 40.7. The monoisotopic (exact) mass is 758 g/mol. The van der Waals surface area contributed by atoms with Gasteiger partial charge in [-0.15, -0.1) is 0 Å². The summed E-state index contributed by atoms with van der Waals surface area (Å²) in [5, 5.41) is 5.81. The van der Waals surface area contributed by atoms with Crippen LogP contribution in [0.5, 0.6) is 0 Å². The number of nitrogens with zero attached hydrogens (tertiary/aromatic N) is 2. The number of rotatable bonds is 19. The molecule has 0 saturated carbocycles. The maximum atomic E-state index is 14.2. The second kappa shape index (κ2) is 21.8. The van der Waals surface area contributed by atoms with E-state index in [2.05, 4.69) is 10.6 Å². The van der Waals surface area contributed by atoms with Crippen molar-refractivity contribution >= 4 is 29.8 Å². The summed E-state index contributed by atoms with van der Waals surface area (Å²) in [5.74, 6) is -2.19. The molecule has 304 valence electrons. The van der Waals surface area contributed by atoms with Gasteiger partial charge in [0.15, 0.2) is 0 Å². The standard InChI is InChI=1S/C41H66N4O9/c1-13-27(4)36(44(9)39(49)35(26(2)3)43-40(50)54-41(6,7)8)32(51-10)25-33(46)45-23-17-20-31(45)37(53-12)28(5)38(48)42-30(21-22-34(47)52-11)24-29-18-15-14-16-19-29/h14-16,18-19,21-22,26-28,30-32,35-37H,13,17,20,23-25H2,1-12H3,(H,42,48)(H,43,50). The summed E-state index contributed by atoms with van der Waals surface area (Å²) in [6.45, 7) is 15.3. The van der Waals surface area contributed by atoms with E-state index in [1.807, 2.05) is 58.0 Å². The molecule has 1 aliphatic rings. The molecule has 1 aliphatic heterocycles. The number of carbonyl (C=O) groups is 5. The highest BCUT2D eigenvalue weighted by Crippen LogP contribution is 2.30. The van der Waals surface area contributed by atoms with Crippen LogP contribution in [0, 0.1) is 17.8 Å². The smallest absolute Gasteiger partial charge is 0.408 e. The summed E-state index contributed by atoms with van der Waals surface area (Å²) >= 11 is 0. The molecule has 4 amide bonds. The Balaban J connectivity index is 2.27. The highest BCUT2D eigenvalue weighted by Gasteiger charge is 2.43. The van der Waals surface area contributed by atoms with Gasteiger partial charge < -0.3 is 39.4 Å². The van der Waals surface area contributed by atoms with E-state index in [0.717, 1.165) is 12.0 Å². The Kier molecular flexibility index (Phi) is 18.6. The Bertz CT molecular complexity index is 1400. The highest BCUT2D eigenvalue weighted by atomic mass is 16.6. The third-order valence-electron chi connectivity index (χ3n) is 10.2. The Morgan fingerprint density at radius 3 is 2.17 bits per heavy atom. The van der Waals surface area contributed by atoms with Gasteiger partial charge in [-0.05, 0) is 57.4 Å². The van der Waals surface area contributed by atoms with Gasteiger partial charge in [-0.2, -0.15) is 0 Å². The van der Waals surface area contributed by atoms with Gasteiger partial charge in [0.25, 0.3) is 0 Å². The van der Waals surface area contributed by atoms with Crippen LogP contribution in [-0.4, -0.2) is 116 Å². The van der Waals surface area contributed by atoms with Crippen LogP contribution in [0.1, 0.15) is 86.6 Å².